The molecule has 1 aliphatic rings. The molecule has 0 amide bonds. The SMILES string of the molecule is CC(O)OC1(CCl)OC(CCl)C(O)C1O. The Morgan fingerprint density at radius 1 is 1.47 bits per heavy atom. The number of ether oxygens (including phenoxy) is 2. The Balaban J connectivity index is 2.81. The van der Waals surface area contributed by atoms with Crippen LogP contribution in [-0.4, -0.2) is 57.5 Å². The van der Waals surface area contributed by atoms with Crippen molar-refractivity contribution >= 4 is 23.2 Å². The van der Waals surface area contributed by atoms with Crippen molar-refractivity contribution in [2.45, 2.75) is 37.3 Å². The van der Waals surface area contributed by atoms with E-state index in [0.717, 1.165) is 0 Å². The highest BCUT2D eigenvalue weighted by molar-refractivity contribution is 6.19. The minimum atomic E-state index is -1.60. The third-order valence-electron chi connectivity index (χ3n) is 2.21. The first-order valence-electron chi connectivity index (χ1n) is 4.48. The van der Waals surface area contributed by atoms with Crippen molar-refractivity contribution in [1.82, 2.24) is 0 Å². The second-order valence-corrected chi connectivity index (χ2v) is 3.98. The summed E-state index contributed by atoms with van der Waals surface area (Å²) in [5.74, 6) is -1.82. The van der Waals surface area contributed by atoms with Gasteiger partial charge in [-0.25, -0.2) is 0 Å². The van der Waals surface area contributed by atoms with Crippen molar-refractivity contribution in [1.29, 1.82) is 0 Å². The van der Waals surface area contributed by atoms with Crippen molar-refractivity contribution in [2.75, 3.05) is 11.8 Å². The predicted molar refractivity (Wildman–Crippen MR) is 53.8 cm³/mol. The summed E-state index contributed by atoms with van der Waals surface area (Å²) in [7, 11) is 0. The predicted octanol–water partition coefficient (Wildman–Crippen LogP) is -0.364. The second kappa shape index (κ2) is 5.14. The standard InChI is InChI=1S/C8H14Cl2O5/c1-4(11)14-8(3-10)7(13)6(12)5(2-9)15-8/h4-7,11-13H,2-3H2,1H3. The zero-order valence-electron chi connectivity index (χ0n) is 8.14. The number of aliphatic hydroxyl groups excluding tert-OH is 3. The normalized spacial score (nSPS) is 43.2. The molecule has 90 valence electrons. The summed E-state index contributed by atoms with van der Waals surface area (Å²) in [5.41, 5.74) is 0. The molecule has 1 heterocycles. The highest BCUT2D eigenvalue weighted by atomic mass is 35.5. The van der Waals surface area contributed by atoms with Gasteiger partial charge in [-0.2, -0.15) is 0 Å². The molecule has 0 spiro atoms. The Morgan fingerprint density at radius 3 is 2.40 bits per heavy atom. The lowest BCUT2D eigenvalue weighted by molar-refractivity contribution is -0.297. The first-order chi connectivity index (χ1) is 6.96. The molecule has 1 saturated heterocycles. The molecule has 5 atom stereocenters. The summed E-state index contributed by atoms with van der Waals surface area (Å²) in [5, 5.41) is 28.3. The molecule has 1 fully saturated rings. The summed E-state index contributed by atoms with van der Waals surface area (Å²) in [4.78, 5) is 0. The van der Waals surface area contributed by atoms with Gasteiger partial charge in [-0.05, 0) is 6.92 Å². The van der Waals surface area contributed by atoms with Gasteiger partial charge in [0.25, 0.3) is 0 Å². The summed E-state index contributed by atoms with van der Waals surface area (Å²) in [6, 6.07) is 0. The van der Waals surface area contributed by atoms with E-state index in [1.165, 1.54) is 6.92 Å². The minimum Gasteiger partial charge on any atom is -0.387 e. The van der Waals surface area contributed by atoms with E-state index in [9.17, 15) is 10.2 Å². The first-order valence-corrected chi connectivity index (χ1v) is 5.55. The average molecular weight is 261 g/mol. The van der Waals surface area contributed by atoms with Crippen molar-refractivity contribution in [3.63, 3.8) is 0 Å². The lowest BCUT2D eigenvalue weighted by Crippen LogP contribution is -2.49. The van der Waals surface area contributed by atoms with Crippen LogP contribution in [-0.2, 0) is 9.47 Å². The number of aliphatic hydroxyl groups is 3. The van der Waals surface area contributed by atoms with Gasteiger partial charge < -0.3 is 24.8 Å². The molecule has 0 bridgehead atoms. The van der Waals surface area contributed by atoms with E-state index < -0.39 is 30.4 Å². The Kier molecular flexibility index (Phi) is 4.61. The van der Waals surface area contributed by atoms with Gasteiger partial charge in [-0.15, -0.1) is 23.2 Å². The topological polar surface area (TPSA) is 79.2 Å². The Hall–Kier alpha value is 0.380. The molecule has 5 nitrogen and oxygen atoms in total. The van der Waals surface area contributed by atoms with Crippen LogP contribution in [0, 0.1) is 0 Å². The monoisotopic (exact) mass is 260 g/mol. The van der Waals surface area contributed by atoms with E-state index >= 15 is 0 Å². The van der Waals surface area contributed by atoms with Crippen LogP contribution in [0.3, 0.4) is 0 Å². The zero-order valence-corrected chi connectivity index (χ0v) is 9.65. The largest absolute Gasteiger partial charge is 0.387 e. The fraction of sp³-hybridized carbons (Fsp3) is 1.00. The fourth-order valence-corrected chi connectivity index (χ4v) is 2.04. The van der Waals surface area contributed by atoms with Gasteiger partial charge in [0, 0.05) is 0 Å². The number of hydrogen-bond donors (Lipinski definition) is 3. The van der Waals surface area contributed by atoms with Gasteiger partial charge >= 0.3 is 0 Å². The molecule has 1 aliphatic heterocycles. The fourth-order valence-electron chi connectivity index (χ4n) is 1.51. The van der Waals surface area contributed by atoms with Crippen LogP contribution in [0.2, 0.25) is 0 Å². The smallest absolute Gasteiger partial charge is 0.214 e. The van der Waals surface area contributed by atoms with E-state index in [4.69, 9.17) is 37.8 Å². The summed E-state index contributed by atoms with van der Waals surface area (Å²) in [6.45, 7) is 1.35. The summed E-state index contributed by atoms with van der Waals surface area (Å²) < 4.78 is 10.2. The molecule has 5 unspecified atom stereocenters. The number of rotatable bonds is 4. The van der Waals surface area contributed by atoms with Crippen molar-refractivity contribution in [2.24, 2.45) is 0 Å². The maximum absolute atomic E-state index is 9.70. The Morgan fingerprint density at radius 2 is 2.07 bits per heavy atom. The van der Waals surface area contributed by atoms with E-state index in [-0.39, 0.29) is 11.8 Å². The third kappa shape index (κ3) is 2.55. The van der Waals surface area contributed by atoms with Gasteiger partial charge in [0.05, 0.1) is 11.8 Å². The van der Waals surface area contributed by atoms with Gasteiger partial charge in [-0.1, -0.05) is 0 Å². The van der Waals surface area contributed by atoms with E-state index in [0.29, 0.717) is 0 Å². The van der Waals surface area contributed by atoms with Crippen LogP contribution in [0.1, 0.15) is 6.92 Å². The van der Waals surface area contributed by atoms with Crippen LogP contribution in [0.4, 0.5) is 0 Å². The highest BCUT2D eigenvalue weighted by Crippen LogP contribution is 2.34. The number of hydrogen-bond acceptors (Lipinski definition) is 5. The Labute approximate surface area is 97.5 Å². The van der Waals surface area contributed by atoms with Gasteiger partial charge in [0.15, 0.2) is 6.29 Å². The zero-order chi connectivity index (χ0) is 11.6. The van der Waals surface area contributed by atoms with Crippen molar-refractivity contribution in [3.05, 3.63) is 0 Å². The van der Waals surface area contributed by atoms with E-state index in [2.05, 4.69) is 0 Å². The van der Waals surface area contributed by atoms with Crippen molar-refractivity contribution in [3.8, 4) is 0 Å². The molecule has 7 heteroatoms. The maximum atomic E-state index is 9.70. The number of halogens is 2. The number of alkyl halides is 2. The molecule has 3 N–H and O–H groups in total. The van der Waals surface area contributed by atoms with E-state index in [1.54, 1.807) is 0 Å². The average Bonchev–Trinajstić information content (AvgIpc) is 2.42. The maximum Gasteiger partial charge on any atom is 0.214 e. The van der Waals surface area contributed by atoms with Crippen LogP contribution in [0.25, 0.3) is 0 Å². The second-order valence-electron chi connectivity index (χ2n) is 3.41. The Bertz CT molecular complexity index is 215. The molecule has 1 rings (SSSR count). The first kappa shape index (κ1) is 13.4. The third-order valence-corrected chi connectivity index (χ3v) is 2.89. The molecule has 0 aliphatic carbocycles. The molecule has 0 aromatic carbocycles. The lowest BCUT2D eigenvalue weighted by Gasteiger charge is -2.31. The van der Waals surface area contributed by atoms with Gasteiger partial charge in [0.2, 0.25) is 5.79 Å². The minimum absolute atomic E-state index is 0.0000348. The molecular formula is C8H14Cl2O5. The highest BCUT2D eigenvalue weighted by Gasteiger charge is 2.55. The lowest BCUT2D eigenvalue weighted by atomic mass is 10.1. The molecule has 0 aromatic heterocycles. The molecule has 0 saturated carbocycles. The summed E-state index contributed by atoms with van der Waals surface area (Å²) in [6.07, 6.45) is -4.45. The van der Waals surface area contributed by atoms with Gasteiger partial charge in [0.1, 0.15) is 18.3 Å². The molecule has 15 heavy (non-hydrogen) atoms. The quantitative estimate of drug-likeness (QED) is 0.475. The molecular weight excluding hydrogens is 247 g/mol. The van der Waals surface area contributed by atoms with Crippen molar-refractivity contribution < 1.29 is 24.8 Å². The molecule has 0 radical (unpaired) electrons. The van der Waals surface area contributed by atoms with Gasteiger partial charge in [-0.3, -0.25) is 0 Å². The summed E-state index contributed by atoms with van der Waals surface area (Å²) >= 11 is 11.1. The van der Waals surface area contributed by atoms with Crippen LogP contribution < -0.4 is 0 Å². The van der Waals surface area contributed by atoms with E-state index in [1.807, 2.05) is 0 Å². The molecule has 0 aromatic rings. The van der Waals surface area contributed by atoms with Crippen LogP contribution >= 0.6 is 23.2 Å². The van der Waals surface area contributed by atoms with Crippen LogP contribution in [0.5, 0.6) is 0 Å². The van der Waals surface area contributed by atoms with Crippen LogP contribution in [0.15, 0.2) is 0 Å².